The fraction of sp³-hybridized carbons (Fsp3) is 0.250. The van der Waals surface area contributed by atoms with E-state index in [1.165, 1.54) is 16.4 Å². The number of benzene rings is 3. The molecule has 196 valence electrons. The molecular formula is C28H26N2O7S. The number of aryl methyl sites for hydroxylation is 1. The van der Waals surface area contributed by atoms with E-state index in [0.29, 0.717) is 17.9 Å². The minimum absolute atomic E-state index is 0.0984. The first kappa shape index (κ1) is 25.6. The molecule has 1 N–H and O–H groups in total. The number of ether oxygens (including phenoxy) is 2. The molecule has 0 aromatic heterocycles. The summed E-state index contributed by atoms with van der Waals surface area (Å²) in [5.41, 5.74) is 3.26. The van der Waals surface area contributed by atoms with Gasteiger partial charge in [-0.25, -0.2) is 8.42 Å². The van der Waals surface area contributed by atoms with E-state index in [9.17, 15) is 22.8 Å². The number of fused-ring (bicyclic) bond motifs is 2. The maximum Gasteiger partial charge on any atom is 0.308 e. The molecule has 0 fully saturated rings. The number of nitrogens with zero attached hydrogens (tertiary/aromatic N) is 1. The van der Waals surface area contributed by atoms with Crippen LogP contribution < -0.4 is 10.1 Å². The van der Waals surface area contributed by atoms with E-state index in [4.69, 9.17) is 9.47 Å². The Balaban J connectivity index is 1.32. The van der Waals surface area contributed by atoms with Crippen LogP contribution in [-0.4, -0.2) is 50.1 Å². The summed E-state index contributed by atoms with van der Waals surface area (Å²) < 4.78 is 39.1. The molecule has 38 heavy (non-hydrogen) atoms. The van der Waals surface area contributed by atoms with Gasteiger partial charge in [0, 0.05) is 12.1 Å². The fourth-order valence-electron chi connectivity index (χ4n) is 4.68. The number of carbonyl (C=O) groups is 3. The third-order valence-electron chi connectivity index (χ3n) is 6.65. The van der Waals surface area contributed by atoms with Crippen molar-refractivity contribution >= 4 is 33.4 Å². The minimum Gasteiger partial charge on any atom is -0.482 e. The lowest BCUT2D eigenvalue weighted by Crippen LogP contribution is -2.41. The first-order valence-electron chi connectivity index (χ1n) is 12.1. The molecule has 5 rings (SSSR count). The molecule has 0 aliphatic carbocycles. The molecule has 0 spiro atoms. The van der Waals surface area contributed by atoms with Crippen LogP contribution in [0.15, 0.2) is 71.6 Å². The van der Waals surface area contributed by atoms with E-state index < -0.39 is 34.4 Å². The third-order valence-corrected chi connectivity index (χ3v) is 8.57. The van der Waals surface area contributed by atoms with Crippen LogP contribution in [0.2, 0.25) is 0 Å². The van der Waals surface area contributed by atoms with E-state index in [1.54, 1.807) is 36.4 Å². The van der Waals surface area contributed by atoms with Crippen molar-refractivity contribution in [1.82, 2.24) is 4.31 Å². The Bertz CT molecular complexity index is 1520. The van der Waals surface area contributed by atoms with Gasteiger partial charge in [-0.3, -0.25) is 14.4 Å². The smallest absolute Gasteiger partial charge is 0.308 e. The maximum atomic E-state index is 13.6. The number of sulfonamides is 1. The summed E-state index contributed by atoms with van der Waals surface area (Å²) >= 11 is 0. The molecule has 9 nitrogen and oxygen atoms in total. The summed E-state index contributed by atoms with van der Waals surface area (Å²) in [6.45, 7) is 1.47. The normalized spacial score (nSPS) is 17.0. The predicted molar refractivity (Wildman–Crippen MR) is 138 cm³/mol. The molecule has 1 atom stereocenters. The van der Waals surface area contributed by atoms with Gasteiger partial charge in [-0.15, -0.1) is 0 Å². The van der Waals surface area contributed by atoms with Crippen LogP contribution in [0, 0.1) is 6.92 Å². The van der Waals surface area contributed by atoms with Crippen molar-refractivity contribution < 1.29 is 32.3 Å². The number of rotatable bonds is 7. The van der Waals surface area contributed by atoms with Gasteiger partial charge < -0.3 is 14.8 Å². The summed E-state index contributed by atoms with van der Waals surface area (Å²) in [7, 11) is -3.89. The lowest BCUT2D eigenvalue weighted by Gasteiger charge is -2.36. The summed E-state index contributed by atoms with van der Waals surface area (Å²) in [4.78, 5) is 37.3. The van der Waals surface area contributed by atoms with E-state index >= 15 is 0 Å². The van der Waals surface area contributed by atoms with Gasteiger partial charge in [-0.2, -0.15) is 4.31 Å². The number of hydrogen-bond acceptors (Lipinski definition) is 7. The Hall–Kier alpha value is -4.02. The average molecular weight is 535 g/mol. The van der Waals surface area contributed by atoms with Gasteiger partial charge >= 0.3 is 5.97 Å². The van der Waals surface area contributed by atoms with Gasteiger partial charge in [0.2, 0.25) is 10.0 Å². The molecular weight excluding hydrogens is 508 g/mol. The zero-order valence-corrected chi connectivity index (χ0v) is 21.5. The second kappa shape index (κ2) is 10.4. The minimum atomic E-state index is -3.89. The molecule has 2 heterocycles. The Morgan fingerprint density at radius 2 is 1.84 bits per heavy atom. The number of Topliss-reactive ketones (excluding diaryl/α,β-unsaturated/α-hetero) is 1. The molecule has 0 saturated carbocycles. The Morgan fingerprint density at radius 1 is 1.08 bits per heavy atom. The van der Waals surface area contributed by atoms with Gasteiger partial charge in [-0.1, -0.05) is 42.0 Å². The molecule has 10 heteroatoms. The molecule has 1 amide bonds. The molecule has 0 bridgehead atoms. The van der Waals surface area contributed by atoms with Crippen molar-refractivity contribution in [2.75, 3.05) is 25.1 Å². The van der Waals surface area contributed by atoms with Crippen LogP contribution in [-0.2, 0) is 30.8 Å². The lowest BCUT2D eigenvalue weighted by molar-refractivity contribution is -0.143. The molecule has 0 saturated heterocycles. The van der Waals surface area contributed by atoms with Crippen LogP contribution in [0.25, 0.3) is 0 Å². The summed E-state index contributed by atoms with van der Waals surface area (Å²) in [6.07, 6.45) is 0.271. The summed E-state index contributed by atoms with van der Waals surface area (Å²) in [5, 5.41) is 2.63. The van der Waals surface area contributed by atoms with Crippen molar-refractivity contribution in [2.45, 2.75) is 30.7 Å². The number of nitrogens with one attached hydrogen (secondary N) is 1. The molecule has 3 aromatic carbocycles. The number of esters is 1. The van der Waals surface area contributed by atoms with Crippen molar-refractivity contribution in [2.24, 2.45) is 0 Å². The third kappa shape index (κ3) is 5.18. The number of hydrogen-bond donors (Lipinski definition) is 1. The highest BCUT2D eigenvalue weighted by Gasteiger charge is 2.38. The van der Waals surface area contributed by atoms with E-state index in [2.05, 4.69) is 5.32 Å². The fourth-order valence-corrected chi connectivity index (χ4v) is 6.28. The largest absolute Gasteiger partial charge is 0.482 e. The Morgan fingerprint density at radius 3 is 2.63 bits per heavy atom. The SMILES string of the molecule is Cc1ccc(S(=O)(=O)N2CCc3ccccc3[C@@H]2CC(=O)OCC(=O)c2ccc3c(c2)NC(=O)CO3)cc1. The topological polar surface area (TPSA) is 119 Å². The quantitative estimate of drug-likeness (QED) is 0.364. The van der Waals surface area contributed by atoms with Gasteiger partial charge in [-0.05, 0) is 54.8 Å². The van der Waals surface area contributed by atoms with Gasteiger partial charge in [0.15, 0.2) is 19.0 Å². The first-order valence-corrected chi connectivity index (χ1v) is 13.6. The second-order valence-electron chi connectivity index (χ2n) is 9.23. The lowest BCUT2D eigenvalue weighted by atomic mass is 9.92. The van der Waals surface area contributed by atoms with Crippen molar-refractivity contribution in [1.29, 1.82) is 0 Å². The molecule has 2 aliphatic heterocycles. The Labute approximate surface area is 220 Å². The van der Waals surface area contributed by atoms with Gasteiger partial charge in [0.25, 0.3) is 5.91 Å². The summed E-state index contributed by atoms with van der Waals surface area (Å²) in [5.74, 6) is -1.04. The van der Waals surface area contributed by atoms with E-state index in [1.807, 2.05) is 25.1 Å². The van der Waals surface area contributed by atoms with Crippen molar-refractivity contribution in [3.63, 3.8) is 0 Å². The maximum absolute atomic E-state index is 13.6. The number of amides is 1. The van der Waals surface area contributed by atoms with Crippen LogP contribution in [0.3, 0.4) is 0 Å². The summed E-state index contributed by atoms with van der Waals surface area (Å²) in [6, 6.07) is 17.8. The molecule has 2 aliphatic rings. The van der Waals surface area contributed by atoms with Crippen LogP contribution in [0.5, 0.6) is 5.75 Å². The van der Waals surface area contributed by atoms with Crippen LogP contribution in [0.1, 0.15) is 39.5 Å². The highest BCUT2D eigenvalue weighted by atomic mass is 32.2. The zero-order valence-electron chi connectivity index (χ0n) is 20.7. The van der Waals surface area contributed by atoms with Gasteiger partial charge in [0.05, 0.1) is 23.0 Å². The molecule has 3 aromatic rings. The average Bonchev–Trinajstić information content (AvgIpc) is 2.91. The van der Waals surface area contributed by atoms with E-state index in [-0.39, 0.29) is 35.9 Å². The Kier molecular flexibility index (Phi) is 7.00. The number of carbonyl (C=O) groups excluding carboxylic acids is 3. The van der Waals surface area contributed by atoms with Crippen molar-refractivity contribution in [3.8, 4) is 5.75 Å². The predicted octanol–water partition coefficient (Wildman–Crippen LogP) is 3.43. The van der Waals surface area contributed by atoms with Crippen molar-refractivity contribution in [3.05, 3.63) is 89.0 Å². The van der Waals surface area contributed by atoms with E-state index in [0.717, 1.165) is 16.7 Å². The molecule has 0 unspecified atom stereocenters. The van der Waals surface area contributed by atoms with Gasteiger partial charge in [0.1, 0.15) is 5.75 Å². The molecule has 0 radical (unpaired) electrons. The number of anilines is 1. The second-order valence-corrected chi connectivity index (χ2v) is 11.1. The standard InChI is InChI=1S/C28H26N2O7S/c1-18-6-9-21(10-7-18)38(34,35)30-13-12-19-4-2-3-5-22(19)24(30)15-28(33)37-16-25(31)20-8-11-26-23(14-20)29-27(32)17-36-26/h2-11,14,24H,12-13,15-17H2,1H3,(H,29,32)/t24-/m0/s1. The van der Waals surface area contributed by atoms with Crippen LogP contribution >= 0.6 is 0 Å². The van der Waals surface area contributed by atoms with Crippen LogP contribution in [0.4, 0.5) is 5.69 Å². The highest BCUT2D eigenvalue weighted by Crippen LogP contribution is 2.36. The number of ketones is 1. The highest BCUT2D eigenvalue weighted by molar-refractivity contribution is 7.89. The monoisotopic (exact) mass is 534 g/mol. The zero-order chi connectivity index (χ0) is 26.9. The first-order chi connectivity index (χ1) is 18.2.